The minimum Gasteiger partial charge on any atom is -0.0955 e. The van der Waals surface area contributed by atoms with Crippen LogP contribution in [0.15, 0.2) is 30.8 Å². The largest absolute Gasteiger partial charge is 0.0955 e. The molecule has 0 unspecified atom stereocenters. The van der Waals surface area contributed by atoms with Gasteiger partial charge in [-0.3, -0.25) is 0 Å². The van der Waals surface area contributed by atoms with Crippen LogP contribution in [0.25, 0.3) is 5.57 Å². The van der Waals surface area contributed by atoms with E-state index in [2.05, 4.69) is 6.58 Å². The summed E-state index contributed by atoms with van der Waals surface area (Å²) in [6.45, 7) is 5.84. The van der Waals surface area contributed by atoms with E-state index >= 15 is 0 Å². The maximum absolute atomic E-state index is 4.78. The Morgan fingerprint density at radius 3 is 2.27 bits per heavy atom. The molecule has 0 saturated carbocycles. The molecule has 0 aliphatic carbocycles. The van der Waals surface area contributed by atoms with Crippen LogP contribution in [-0.4, -0.2) is 5.37 Å². The molecule has 0 N–H and O–H groups in total. The monoisotopic (exact) mass is 162 g/mol. The fraction of sp³-hybridized carbons (Fsp3) is 0.100. The van der Waals surface area contributed by atoms with E-state index in [4.69, 9.17) is 12.2 Å². The molecule has 0 aliphatic rings. The Bertz CT molecular complexity index is 269. The summed E-state index contributed by atoms with van der Waals surface area (Å²) in [5.41, 5.74) is 3.33. The molecule has 0 bridgehead atoms. The van der Waals surface area contributed by atoms with Crippen molar-refractivity contribution in [3.63, 3.8) is 0 Å². The Hall–Kier alpha value is -0.950. The van der Waals surface area contributed by atoms with Crippen molar-refractivity contribution in [2.75, 3.05) is 0 Å². The van der Waals surface area contributed by atoms with E-state index < -0.39 is 0 Å². The van der Waals surface area contributed by atoms with Gasteiger partial charge in [0.25, 0.3) is 0 Å². The predicted molar refractivity (Wildman–Crippen MR) is 53.9 cm³/mol. The standard InChI is InChI=1S/C10H10S/c1-8(2)10-5-3-9(7-11)4-6-10/h3-7H,1H2,2H3. The molecule has 0 amide bonds. The summed E-state index contributed by atoms with van der Waals surface area (Å²) in [5, 5.41) is 1.67. The van der Waals surface area contributed by atoms with Crippen LogP contribution in [0, 0.1) is 0 Å². The average Bonchev–Trinajstić information content (AvgIpc) is 2.05. The zero-order valence-electron chi connectivity index (χ0n) is 6.50. The summed E-state index contributed by atoms with van der Waals surface area (Å²) in [6.07, 6.45) is 0. The lowest BCUT2D eigenvalue weighted by Crippen LogP contribution is -1.80. The molecule has 0 fully saturated rings. The van der Waals surface area contributed by atoms with E-state index in [0.29, 0.717) is 0 Å². The second-order valence-electron chi connectivity index (χ2n) is 2.52. The van der Waals surface area contributed by atoms with Crippen LogP contribution in [0.1, 0.15) is 18.1 Å². The normalized spacial score (nSPS) is 9.18. The van der Waals surface area contributed by atoms with Crippen molar-refractivity contribution in [1.82, 2.24) is 0 Å². The molecule has 1 aromatic rings. The smallest absolute Gasteiger partial charge is 0.00861 e. The van der Waals surface area contributed by atoms with E-state index in [1.165, 1.54) is 5.56 Å². The topological polar surface area (TPSA) is 0 Å². The summed E-state index contributed by atoms with van der Waals surface area (Å²) in [6, 6.07) is 8.05. The summed E-state index contributed by atoms with van der Waals surface area (Å²) in [5.74, 6) is 0. The van der Waals surface area contributed by atoms with Gasteiger partial charge in [-0.05, 0) is 18.1 Å². The van der Waals surface area contributed by atoms with E-state index in [1.807, 2.05) is 31.2 Å². The van der Waals surface area contributed by atoms with E-state index in [-0.39, 0.29) is 0 Å². The summed E-state index contributed by atoms with van der Waals surface area (Å²) in [4.78, 5) is 0. The zero-order chi connectivity index (χ0) is 8.27. The molecule has 0 nitrogen and oxygen atoms in total. The molecule has 56 valence electrons. The first-order valence-corrected chi connectivity index (χ1v) is 3.92. The van der Waals surface area contributed by atoms with Crippen molar-refractivity contribution in [2.24, 2.45) is 0 Å². The Morgan fingerprint density at radius 2 is 1.91 bits per heavy atom. The molecule has 0 heterocycles. The second kappa shape index (κ2) is 3.44. The van der Waals surface area contributed by atoms with Crippen LogP contribution in [-0.2, 0) is 0 Å². The van der Waals surface area contributed by atoms with Crippen LogP contribution < -0.4 is 0 Å². The molecule has 0 saturated heterocycles. The first kappa shape index (κ1) is 8.15. The molecule has 0 atom stereocenters. The molecule has 0 spiro atoms. The molecule has 1 heteroatoms. The summed E-state index contributed by atoms with van der Waals surface area (Å²) >= 11 is 4.78. The molecule has 1 aromatic carbocycles. The predicted octanol–water partition coefficient (Wildman–Crippen LogP) is 3.07. The number of hydrogen-bond acceptors (Lipinski definition) is 1. The maximum atomic E-state index is 4.78. The van der Waals surface area contributed by atoms with Gasteiger partial charge in [-0.15, -0.1) is 0 Å². The second-order valence-corrected chi connectivity index (χ2v) is 2.76. The third kappa shape index (κ3) is 1.99. The van der Waals surface area contributed by atoms with Gasteiger partial charge in [-0.25, -0.2) is 0 Å². The fourth-order valence-electron chi connectivity index (χ4n) is 0.846. The highest BCUT2D eigenvalue weighted by atomic mass is 32.1. The first-order valence-electron chi connectivity index (χ1n) is 3.45. The van der Waals surface area contributed by atoms with Gasteiger partial charge in [-0.2, -0.15) is 0 Å². The van der Waals surface area contributed by atoms with E-state index in [1.54, 1.807) is 5.37 Å². The van der Waals surface area contributed by atoms with Crippen LogP contribution >= 0.6 is 12.2 Å². The fourth-order valence-corrected chi connectivity index (χ4v) is 1.00. The van der Waals surface area contributed by atoms with Crippen LogP contribution in [0.3, 0.4) is 0 Å². The van der Waals surface area contributed by atoms with E-state index in [0.717, 1.165) is 11.1 Å². The third-order valence-corrected chi connectivity index (χ3v) is 1.81. The lowest BCUT2D eigenvalue weighted by Gasteiger charge is -1.98. The maximum Gasteiger partial charge on any atom is 0.00861 e. The van der Waals surface area contributed by atoms with Gasteiger partial charge in [-0.1, -0.05) is 48.6 Å². The lowest BCUT2D eigenvalue weighted by molar-refractivity contribution is 1.57. The van der Waals surface area contributed by atoms with Crippen molar-refractivity contribution in [1.29, 1.82) is 0 Å². The van der Waals surface area contributed by atoms with Gasteiger partial charge in [0.15, 0.2) is 0 Å². The van der Waals surface area contributed by atoms with Gasteiger partial charge in [0, 0.05) is 5.37 Å². The Labute approximate surface area is 72.6 Å². The Morgan fingerprint density at radius 1 is 1.36 bits per heavy atom. The first-order chi connectivity index (χ1) is 5.24. The highest BCUT2D eigenvalue weighted by molar-refractivity contribution is 7.79. The van der Waals surface area contributed by atoms with Crippen molar-refractivity contribution in [2.45, 2.75) is 6.92 Å². The number of thiocarbonyl (C=S) groups is 1. The lowest BCUT2D eigenvalue weighted by atomic mass is 10.1. The van der Waals surface area contributed by atoms with Crippen molar-refractivity contribution >= 4 is 23.2 Å². The zero-order valence-corrected chi connectivity index (χ0v) is 7.32. The molecule has 11 heavy (non-hydrogen) atoms. The van der Waals surface area contributed by atoms with Crippen molar-refractivity contribution in [3.8, 4) is 0 Å². The average molecular weight is 162 g/mol. The van der Waals surface area contributed by atoms with Crippen molar-refractivity contribution < 1.29 is 0 Å². The highest BCUT2D eigenvalue weighted by Gasteiger charge is 1.91. The van der Waals surface area contributed by atoms with Gasteiger partial charge < -0.3 is 0 Å². The highest BCUT2D eigenvalue weighted by Crippen LogP contribution is 2.11. The molecular formula is C10H10S. The number of allylic oxidation sites excluding steroid dienone is 1. The van der Waals surface area contributed by atoms with Gasteiger partial charge in [0.2, 0.25) is 0 Å². The van der Waals surface area contributed by atoms with Crippen LogP contribution in [0.5, 0.6) is 0 Å². The number of rotatable bonds is 2. The van der Waals surface area contributed by atoms with Gasteiger partial charge in [0.1, 0.15) is 0 Å². The Kier molecular flexibility index (Phi) is 2.55. The summed E-state index contributed by atoms with van der Waals surface area (Å²) in [7, 11) is 0. The number of hydrogen-bond donors (Lipinski definition) is 0. The summed E-state index contributed by atoms with van der Waals surface area (Å²) < 4.78 is 0. The third-order valence-electron chi connectivity index (χ3n) is 1.54. The van der Waals surface area contributed by atoms with Crippen LogP contribution in [0.2, 0.25) is 0 Å². The minimum absolute atomic E-state index is 1.07. The minimum atomic E-state index is 1.07. The van der Waals surface area contributed by atoms with E-state index in [9.17, 15) is 0 Å². The van der Waals surface area contributed by atoms with Crippen LogP contribution in [0.4, 0.5) is 0 Å². The van der Waals surface area contributed by atoms with Gasteiger partial charge >= 0.3 is 0 Å². The molecule has 1 rings (SSSR count). The molecule has 0 aliphatic heterocycles. The van der Waals surface area contributed by atoms with Gasteiger partial charge in [0.05, 0.1) is 0 Å². The quantitative estimate of drug-likeness (QED) is 0.602. The Balaban J connectivity index is 3.00. The number of benzene rings is 1. The van der Waals surface area contributed by atoms with Crippen molar-refractivity contribution in [3.05, 3.63) is 42.0 Å². The SMILES string of the molecule is C=C(C)c1ccc(C=S)cc1. The molecule has 0 aromatic heterocycles. The molecular weight excluding hydrogens is 152 g/mol. The molecule has 0 radical (unpaired) electrons.